The number of H-pyrrole nitrogens is 1. The number of allylic oxidation sites excluding steroid dienone is 2. The van der Waals surface area contributed by atoms with E-state index in [1.165, 1.54) is 16.2 Å². The Morgan fingerprint density at radius 1 is 1.48 bits per heavy atom. The fraction of sp³-hybridized carbons (Fsp3) is 0.273. The monoisotopic (exact) mass is 312 g/mol. The highest BCUT2D eigenvalue weighted by Crippen LogP contribution is 2.15. The largest absolute Gasteiger partial charge is 0.329 e. The van der Waals surface area contributed by atoms with Gasteiger partial charge in [0.25, 0.3) is 5.56 Å². The maximum Gasteiger partial charge on any atom is 0.329 e. The van der Waals surface area contributed by atoms with Gasteiger partial charge in [-0.1, -0.05) is 17.7 Å². The number of hydrogen-bond acceptors (Lipinski definition) is 5. The summed E-state index contributed by atoms with van der Waals surface area (Å²) in [6, 6.07) is 0. The highest BCUT2D eigenvalue weighted by atomic mass is 35.5. The van der Waals surface area contributed by atoms with Gasteiger partial charge in [0.05, 0.1) is 0 Å². The number of aromatic nitrogens is 4. The minimum absolute atomic E-state index is 0.194. The van der Waals surface area contributed by atoms with Gasteiger partial charge in [0, 0.05) is 18.6 Å². The minimum Gasteiger partial charge on any atom is -0.299 e. The molecular formula is C11H13ClN6O3. The normalized spacial score (nSPS) is 11.7. The molecule has 2 rings (SSSR count). The summed E-state index contributed by atoms with van der Waals surface area (Å²) in [5.41, 5.74) is 4.03. The van der Waals surface area contributed by atoms with Gasteiger partial charge in [0.15, 0.2) is 11.2 Å². The molecule has 0 bridgehead atoms. The first-order valence-corrected chi connectivity index (χ1v) is 6.30. The molecule has 0 spiro atoms. The van der Waals surface area contributed by atoms with Crippen molar-refractivity contribution in [2.75, 3.05) is 5.43 Å². The third kappa shape index (κ3) is 2.82. The van der Waals surface area contributed by atoms with Crippen LogP contribution in [0.2, 0.25) is 0 Å². The quantitative estimate of drug-likeness (QED) is 0.515. The Morgan fingerprint density at radius 2 is 2.19 bits per heavy atom. The lowest BCUT2D eigenvalue weighted by molar-refractivity contribution is -0.109. The summed E-state index contributed by atoms with van der Waals surface area (Å²) in [6.45, 7) is 1.94. The average Bonchev–Trinajstić information content (AvgIpc) is 2.79. The summed E-state index contributed by atoms with van der Waals surface area (Å²) >= 11 is 5.79. The molecule has 3 N–H and O–H groups in total. The molecule has 0 aliphatic rings. The number of hydrazine groups is 1. The number of amides is 1. The van der Waals surface area contributed by atoms with Gasteiger partial charge in [-0.15, -0.1) is 0 Å². The Balaban J connectivity index is 2.73. The summed E-state index contributed by atoms with van der Waals surface area (Å²) in [7, 11) is 1.48. The van der Waals surface area contributed by atoms with Gasteiger partial charge in [-0.2, -0.15) is 4.98 Å². The molecule has 9 nitrogen and oxygen atoms in total. The smallest absolute Gasteiger partial charge is 0.299 e. The van der Waals surface area contributed by atoms with Gasteiger partial charge in [0.2, 0.25) is 12.4 Å². The number of hydrogen-bond donors (Lipinski definition) is 3. The average molecular weight is 313 g/mol. The Bertz CT molecular complexity index is 827. The number of carbonyl (C=O) groups is 1. The molecule has 0 saturated carbocycles. The number of nitrogens with one attached hydrogen (secondary N) is 3. The number of aromatic amines is 1. The molecule has 0 aromatic carbocycles. The van der Waals surface area contributed by atoms with Crippen molar-refractivity contribution in [1.82, 2.24) is 24.5 Å². The van der Waals surface area contributed by atoms with Crippen LogP contribution in [0.15, 0.2) is 20.7 Å². The summed E-state index contributed by atoms with van der Waals surface area (Å²) < 4.78 is 2.70. The lowest BCUT2D eigenvalue weighted by Crippen LogP contribution is -2.29. The maximum absolute atomic E-state index is 12.0. The van der Waals surface area contributed by atoms with Crippen LogP contribution in [-0.4, -0.2) is 25.5 Å². The third-order valence-electron chi connectivity index (χ3n) is 2.81. The van der Waals surface area contributed by atoms with E-state index in [1.807, 2.05) is 0 Å². The van der Waals surface area contributed by atoms with Gasteiger partial charge in [0.1, 0.15) is 0 Å². The highest BCUT2D eigenvalue weighted by Gasteiger charge is 2.16. The zero-order valence-electron chi connectivity index (χ0n) is 11.3. The molecule has 10 heteroatoms. The molecule has 2 heterocycles. The SMILES string of the molecule is CC(Cl)=CCn1c(NNC=O)nc2c1c(=O)[nH]c(=O)n2C. The molecule has 0 unspecified atom stereocenters. The van der Waals surface area contributed by atoms with E-state index in [9.17, 15) is 14.4 Å². The predicted octanol–water partition coefficient (Wildman–Crippen LogP) is -0.361. The molecule has 0 atom stereocenters. The van der Waals surface area contributed by atoms with Gasteiger partial charge in [-0.25, -0.2) is 4.79 Å². The van der Waals surface area contributed by atoms with Crippen LogP contribution < -0.4 is 22.1 Å². The Hall–Kier alpha value is -2.55. The van der Waals surface area contributed by atoms with Crippen LogP contribution in [-0.2, 0) is 18.4 Å². The van der Waals surface area contributed by atoms with Crippen LogP contribution in [0.3, 0.4) is 0 Å². The van der Waals surface area contributed by atoms with Crippen molar-refractivity contribution in [1.29, 1.82) is 0 Å². The number of rotatable bonds is 5. The molecular weight excluding hydrogens is 300 g/mol. The molecule has 112 valence electrons. The van der Waals surface area contributed by atoms with Gasteiger partial charge in [-0.05, 0) is 6.92 Å². The summed E-state index contributed by atoms with van der Waals surface area (Å²) in [5, 5.41) is 0.535. The van der Waals surface area contributed by atoms with Gasteiger partial charge in [-0.3, -0.25) is 34.6 Å². The summed E-state index contributed by atoms with van der Waals surface area (Å²) in [6.07, 6.45) is 2.09. The van der Waals surface area contributed by atoms with Gasteiger partial charge >= 0.3 is 5.69 Å². The zero-order valence-corrected chi connectivity index (χ0v) is 12.1. The van der Waals surface area contributed by atoms with Crippen molar-refractivity contribution in [2.45, 2.75) is 13.5 Å². The number of aryl methyl sites for hydroxylation is 1. The molecule has 0 aliphatic carbocycles. The van der Waals surface area contributed by atoms with Crippen LogP contribution in [0, 0.1) is 0 Å². The third-order valence-corrected chi connectivity index (χ3v) is 2.96. The predicted molar refractivity (Wildman–Crippen MR) is 78.0 cm³/mol. The summed E-state index contributed by atoms with van der Waals surface area (Å²) in [5.74, 6) is 0.206. The van der Waals surface area contributed by atoms with Crippen molar-refractivity contribution in [3.05, 3.63) is 31.9 Å². The van der Waals surface area contributed by atoms with Crippen molar-refractivity contribution in [3.8, 4) is 0 Å². The standard InChI is InChI=1S/C11H13ClN6O3/c1-6(12)3-4-18-7-8(14-10(18)16-13-5-19)17(2)11(21)15-9(7)20/h3,5H,4H2,1-2H3,(H,13,19)(H,14,16)(H,15,20,21). The lowest BCUT2D eigenvalue weighted by Gasteiger charge is -2.06. The van der Waals surface area contributed by atoms with E-state index in [-0.39, 0.29) is 23.7 Å². The summed E-state index contributed by atoms with van der Waals surface area (Å²) in [4.78, 5) is 40.3. The fourth-order valence-corrected chi connectivity index (χ4v) is 1.89. The van der Waals surface area contributed by atoms with E-state index in [0.717, 1.165) is 0 Å². The Labute approximate surface area is 123 Å². The first-order chi connectivity index (χ1) is 9.95. The van der Waals surface area contributed by atoms with Crippen LogP contribution in [0.5, 0.6) is 0 Å². The number of fused-ring (bicyclic) bond motifs is 1. The molecule has 2 aromatic heterocycles. The minimum atomic E-state index is -0.573. The van der Waals surface area contributed by atoms with E-state index < -0.39 is 11.2 Å². The molecule has 0 fully saturated rings. The number of carbonyl (C=O) groups excluding carboxylic acids is 1. The molecule has 21 heavy (non-hydrogen) atoms. The molecule has 2 aromatic rings. The first kappa shape index (κ1) is 14.9. The van der Waals surface area contributed by atoms with Crippen LogP contribution in [0.25, 0.3) is 11.2 Å². The number of imidazole rings is 1. The second-order valence-electron chi connectivity index (χ2n) is 4.21. The lowest BCUT2D eigenvalue weighted by atomic mass is 10.4. The highest BCUT2D eigenvalue weighted by molar-refractivity contribution is 6.29. The van der Waals surface area contributed by atoms with E-state index in [1.54, 1.807) is 13.0 Å². The second-order valence-corrected chi connectivity index (χ2v) is 4.81. The number of halogens is 1. The number of nitrogens with zero attached hydrogens (tertiary/aromatic N) is 3. The van der Waals surface area contributed by atoms with Crippen LogP contribution in [0.4, 0.5) is 5.95 Å². The van der Waals surface area contributed by atoms with E-state index in [0.29, 0.717) is 11.4 Å². The van der Waals surface area contributed by atoms with Crippen molar-refractivity contribution >= 4 is 35.1 Å². The number of anilines is 1. The van der Waals surface area contributed by atoms with E-state index in [4.69, 9.17) is 11.6 Å². The molecule has 1 amide bonds. The molecule has 0 radical (unpaired) electrons. The first-order valence-electron chi connectivity index (χ1n) is 5.92. The molecule has 0 saturated heterocycles. The van der Waals surface area contributed by atoms with Crippen molar-refractivity contribution < 1.29 is 4.79 Å². The molecule has 0 aliphatic heterocycles. The van der Waals surface area contributed by atoms with E-state index >= 15 is 0 Å². The zero-order chi connectivity index (χ0) is 15.6. The van der Waals surface area contributed by atoms with Crippen LogP contribution >= 0.6 is 11.6 Å². The van der Waals surface area contributed by atoms with E-state index in [2.05, 4.69) is 20.8 Å². The maximum atomic E-state index is 12.0. The Morgan fingerprint density at radius 3 is 2.81 bits per heavy atom. The van der Waals surface area contributed by atoms with Crippen molar-refractivity contribution in [2.24, 2.45) is 7.05 Å². The van der Waals surface area contributed by atoms with Gasteiger partial charge < -0.3 is 0 Å². The fourth-order valence-electron chi connectivity index (χ4n) is 1.82. The van der Waals surface area contributed by atoms with Crippen molar-refractivity contribution in [3.63, 3.8) is 0 Å². The second kappa shape index (κ2) is 5.83. The van der Waals surface area contributed by atoms with Crippen LogP contribution in [0.1, 0.15) is 6.92 Å². The Kier molecular flexibility index (Phi) is 4.13. The topological polar surface area (TPSA) is 114 Å².